The Morgan fingerprint density at radius 2 is 2.11 bits per heavy atom. The maximum atomic E-state index is 13.5. The average molecular weight is 439 g/mol. The highest BCUT2D eigenvalue weighted by Gasteiger charge is 2.32. The molecule has 1 unspecified atom stereocenters. The topological polar surface area (TPSA) is 56.7 Å². The van der Waals surface area contributed by atoms with Gasteiger partial charge in [0.2, 0.25) is 5.91 Å². The molecule has 0 spiro atoms. The molecule has 27 heavy (non-hydrogen) atoms. The molecule has 0 radical (unpaired) electrons. The number of aliphatic imine (C=N–C) groups is 1. The van der Waals surface area contributed by atoms with Crippen LogP contribution < -0.4 is 10.6 Å². The monoisotopic (exact) mass is 438 g/mol. The Hall–Kier alpha value is -1.63. The molecule has 1 aliphatic heterocycles. The fraction of sp³-hybridized carbons (Fsp3) is 0.600. The molecular formula is C20H28BrFN4O. The van der Waals surface area contributed by atoms with E-state index in [9.17, 15) is 9.18 Å². The zero-order valence-corrected chi connectivity index (χ0v) is 17.4. The first-order valence-electron chi connectivity index (χ1n) is 9.84. The molecule has 2 N–H and O–H groups in total. The third kappa shape index (κ3) is 5.43. The van der Waals surface area contributed by atoms with Crippen molar-refractivity contribution in [3.05, 3.63) is 34.1 Å². The van der Waals surface area contributed by atoms with Crippen molar-refractivity contribution in [3.63, 3.8) is 0 Å². The van der Waals surface area contributed by atoms with Crippen LogP contribution in [-0.2, 0) is 11.3 Å². The standard InChI is InChI=1S/C20H28BrFN4O/c1-2-23-20(24-12-15-11-16(22)7-8-18(15)21)25-17-9-10-26(13-17)19(27)14-5-3-4-6-14/h7-8,11,14,17H,2-6,9-10,12-13H2,1H3,(H2,23,24,25). The Morgan fingerprint density at radius 1 is 1.33 bits per heavy atom. The van der Waals surface area contributed by atoms with Crippen molar-refractivity contribution in [2.75, 3.05) is 19.6 Å². The van der Waals surface area contributed by atoms with Gasteiger partial charge >= 0.3 is 0 Å². The maximum Gasteiger partial charge on any atom is 0.225 e. The maximum absolute atomic E-state index is 13.5. The summed E-state index contributed by atoms with van der Waals surface area (Å²) in [6.45, 7) is 4.67. The number of nitrogens with one attached hydrogen (secondary N) is 2. The quantitative estimate of drug-likeness (QED) is 0.546. The lowest BCUT2D eigenvalue weighted by Gasteiger charge is -2.21. The van der Waals surface area contributed by atoms with Crippen molar-refractivity contribution in [1.29, 1.82) is 0 Å². The Kier molecular flexibility index (Phi) is 7.10. The zero-order chi connectivity index (χ0) is 19.2. The van der Waals surface area contributed by atoms with Crippen LogP contribution >= 0.6 is 15.9 Å². The molecule has 2 fully saturated rings. The van der Waals surface area contributed by atoms with E-state index in [1.54, 1.807) is 6.07 Å². The number of nitrogens with zero attached hydrogens (tertiary/aromatic N) is 2. The third-order valence-electron chi connectivity index (χ3n) is 5.30. The van der Waals surface area contributed by atoms with E-state index in [1.165, 1.54) is 25.0 Å². The molecule has 148 valence electrons. The minimum atomic E-state index is -0.266. The van der Waals surface area contributed by atoms with E-state index in [-0.39, 0.29) is 17.8 Å². The minimum Gasteiger partial charge on any atom is -0.357 e. The normalized spacial score (nSPS) is 20.9. The molecular weight excluding hydrogens is 411 g/mol. The zero-order valence-electron chi connectivity index (χ0n) is 15.8. The minimum absolute atomic E-state index is 0.198. The van der Waals surface area contributed by atoms with Crippen molar-refractivity contribution in [2.24, 2.45) is 10.9 Å². The molecule has 1 heterocycles. The van der Waals surface area contributed by atoms with Gasteiger partial charge in [0.15, 0.2) is 5.96 Å². The van der Waals surface area contributed by atoms with E-state index >= 15 is 0 Å². The van der Waals surface area contributed by atoms with Crippen LogP contribution in [-0.4, -0.2) is 42.4 Å². The summed E-state index contributed by atoms with van der Waals surface area (Å²) >= 11 is 3.44. The summed E-state index contributed by atoms with van der Waals surface area (Å²) in [6.07, 6.45) is 5.37. The van der Waals surface area contributed by atoms with Crippen molar-refractivity contribution in [1.82, 2.24) is 15.5 Å². The van der Waals surface area contributed by atoms with E-state index in [0.717, 1.165) is 48.9 Å². The second-order valence-corrected chi connectivity index (χ2v) is 8.18. The van der Waals surface area contributed by atoms with Gasteiger partial charge in [-0.3, -0.25) is 4.79 Å². The van der Waals surface area contributed by atoms with Gasteiger partial charge in [0.25, 0.3) is 0 Å². The van der Waals surface area contributed by atoms with Gasteiger partial charge in [0.1, 0.15) is 5.82 Å². The Morgan fingerprint density at radius 3 is 2.85 bits per heavy atom. The number of hydrogen-bond acceptors (Lipinski definition) is 2. The van der Waals surface area contributed by atoms with Crippen LogP contribution in [0.4, 0.5) is 4.39 Å². The van der Waals surface area contributed by atoms with E-state index < -0.39 is 0 Å². The number of amides is 1. The van der Waals surface area contributed by atoms with Gasteiger partial charge < -0.3 is 15.5 Å². The van der Waals surface area contributed by atoms with Crippen LogP contribution in [0.15, 0.2) is 27.7 Å². The fourth-order valence-electron chi connectivity index (χ4n) is 3.85. The lowest BCUT2D eigenvalue weighted by atomic mass is 10.1. The van der Waals surface area contributed by atoms with Crippen LogP contribution in [0.1, 0.15) is 44.6 Å². The number of benzene rings is 1. The molecule has 1 atom stereocenters. The van der Waals surface area contributed by atoms with Gasteiger partial charge in [0.05, 0.1) is 6.54 Å². The van der Waals surface area contributed by atoms with Crippen LogP contribution in [0, 0.1) is 11.7 Å². The molecule has 5 nitrogen and oxygen atoms in total. The highest BCUT2D eigenvalue weighted by molar-refractivity contribution is 9.10. The van der Waals surface area contributed by atoms with Crippen molar-refractivity contribution >= 4 is 27.8 Å². The average Bonchev–Trinajstić information content (AvgIpc) is 3.34. The Bertz CT molecular complexity index is 691. The van der Waals surface area contributed by atoms with Gasteiger partial charge in [-0.1, -0.05) is 28.8 Å². The number of likely N-dealkylation sites (tertiary alicyclic amines) is 1. The summed E-state index contributed by atoms with van der Waals surface area (Å²) in [4.78, 5) is 19.2. The highest BCUT2D eigenvalue weighted by Crippen LogP contribution is 2.27. The molecule has 7 heteroatoms. The number of carbonyl (C=O) groups is 1. The Labute approximate surface area is 168 Å². The molecule has 1 saturated heterocycles. The molecule has 1 amide bonds. The van der Waals surface area contributed by atoms with Crippen LogP contribution in [0.2, 0.25) is 0 Å². The van der Waals surface area contributed by atoms with Crippen LogP contribution in [0.25, 0.3) is 0 Å². The van der Waals surface area contributed by atoms with Crippen LogP contribution in [0.3, 0.4) is 0 Å². The predicted molar refractivity (Wildman–Crippen MR) is 109 cm³/mol. The molecule has 1 aliphatic carbocycles. The largest absolute Gasteiger partial charge is 0.357 e. The summed E-state index contributed by atoms with van der Waals surface area (Å²) in [6, 6.07) is 4.82. The van der Waals surface area contributed by atoms with E-state index in [4.69, 9.17) is 0 Å². The summed E-state index contributed by atoms with van der Waals surface area (Å²) in [5.41, 5.74) is 0.802. The number of hydrogen-bond donors (Lipinski definition) is 2. The van der Waals surface area contributed by atoms with Crippen molar-refractivity contribution in [3.8, 4) is 0 Å². The lowest BCUT2D eigenvalue weighted by Crippen LogP contribution is -2.45. The molecule has 2 aliphatic rings. The molecule has 3 rings (SSSR count). The van der Waals surface area contributed by atoms with Crippen molar-refractivity contribution < 1.29 is 9.18 Å². The summed E-state index contributed by atoms with van der Waals surface area (Å²) < 4.78 is 14.3. The number of rotatable bonds is 5. The third-order valence-corrected chi connectivity index (χ3v) is 6.08. The van der Waals surface area contributed by atoms with E-state index in [2.05, 4.69) is 31.6 Å². The van der Waals surface area contributed by atoms with Gasteiger partial charge in [-0.05, 0) is 49.9 Å². The fourth-order valence-corrected chi connectivity index (χ4v) is 4.22. The van der Waals surface area contributed by atoms with E-state index in [0.29, 0.717) is 18.4 Å². The highest BCUT2D eigenvalue weighted by atomic mass is 79.9. The second kappa shape index (κ2) is 9.53. The lowest BCUT2D eigenvalue weighted by molar-refractivity contribution is -0.134. The molecule has 1 saturated carbocycles. The van der Waals surface area contributed by atoms with Crippen LogP contribution in [0.5, 0.6) is 0 Å². The first-order chi connectivity index (χ1) is 13.1. The molecule has 1 aromatic carbocycles. The Balaban J connectivity index is 1.57. The summed E-state index contributed by atoms with van der Waals surface area (Å²) in [7, 11) is 0. The summed E-state index contributed by atoms with van der Waals surface area (Å²) in [5.74, 6) is 0.991. The molecule has 1 aromatic rings. The predicted octanol–water partition coefficient (Wildman–Crippen LogP) is 3.43. The van der Waals surface area contributed by atoms with Crippen molar-refractivity contribution in [2.45, 2.75) is 51.6 Å². The second-order valence-electron chi connectivity index (χ2n) is 7.33. The first-order valence-corrected chi connectivity index (χ1v) is 10.6. The summed E-state index contributed by atoms with van der Waals surface area (Å²) in [5, 5.41) is 6.67. The van der Waals surface area contributed by atoms with Gasteiger partial charge in [0, 0.05) is 36.1 Å². The smallest absolute Gasteiger partial charge is 0.225 e. The molecule has 0 bridgehead atoms. The number of guanidine groups is 1. The first kappa shape index (κ1) is 20.1. The number of carbonyl (C=O) groups excluding carboxylic acids is 1. The molecule has 0 aromatic heterocycles. The van der Waals surface area contributed by atoms with Gasteiger partial charge in [-0.2, -0.15) is 0 Å². The van der Waals surface area contributed by atoms with E-state index in [1.807, 2.05) is 11.8 Å². The van der Waals surface area contributed by atoms with Gasteiger partial charge in [-0.15, -0.1) is 0 Å². The SMILES string of the molecule is CCNC(=NCc1cc(F)ccc1Br)NC1CCN(C(=O)C2CCCC2)C1. The van der Waals surface area contributed by atoms with Gasteiger partial charge in [-0.25, -0.2) is 9.38 Å². The number of halogens is 2.